The minimum Gasteiger partial charge on any atom is -0.493 e. The zero-order valence-electron chi connectivity index (χ0n) is 17.7. The maximum atomic E-state index is 12.6. The lowest BCUT2D eigenvalue weighted by Crippen LogP contribution is -2.18. The lowest BCUT2D eigenvalue weighted by atomic mass is 10.1. The summed E-state index contributed by atoms with van der Waals surface area (Å²) in [5, 5.41) is 5.59. The monoisotopic (exact) mass is 434 g/mol. The normalized spacial score (nSPS) is 10.3. The highest BCUT2D eigenvalue weighted by atomic mass is 32.1. The summed E-state index contributed by atoms with van der Waals surface area (Å²) < 4.78 is 15.8. The molecule has 9 heteroatoms. The predicted molar refractivity (Wildman–Crippen MR) is 115 cm³/mol. The number of methoxy groups -OCH3 is 2. The Morgan fingerprint density at radius 1 is 1.13 bits per heavy atom. The van der Waals surface area contributed by atoms with Crippen LogP contribution in [0.5, 0.6) is 11.5 Å². The van der Waals surface area contributed by atoms with E-state index in [0.717, 1.165) is 16.9 Å². The van der Waals surface area contributed by atoms with Gasteiger partial charge in [-0.25, -0.2) is 4.79 Å². The SMILES string of the molecule is CCOC(=O)c1c(NC(=O)CCc2cccc(OC)c2OC)sc(C(=O)NC)c1C. The molecule has 0 aliphatic carbocycles. The number of anilines is 1. The summed E-state index contributed by atoms with van der Waals surface area (Å²) in [7, 11) is 4.60. The number of carbonyl (C=O) groups is 3. The standard InChI is InChI=1S/C21H26N2O6S/c1-6-29-21(26)16-12(2)18(19(25)22-3)30-20(16)23-15(24)11-10-13-8-7-9-14(27-4)17(13)28-5/h7-9H,6,10-11H2,1-5H3,(H,22,25)(H,23,24). The van der Waals surface area contributed by atoms with Crippen molar-refractivity contribution in [2.24, 2.45) is 0 Å². The van der Waals surface area contributed by atoms with E-state index in [4.69, 9.17) is 14.2 Å². The van der Waals surface area contributed by atoms with Gasteiger partial charge in [0.1, 0.15) is 5.00 Å². The van der Waals surface area contributed by atoms with Crippen molar-refractivity contribution in [1.82, 2.24) is 5.32 Å². The Labute approximate surface area is 179 Å². The maximum absolute atomic E-state index is 12.6. The average molecular weight is 435 g/mol. The topological polar surface area (TPSA) is 103 Å². The molecule has 0 atom stereocenters. The Morgan fingerprint density at radius 2 is 1.87 bits per heavy atom. The summed E-state index contributed by atoms with van der Waals surface area (Å²) in [6, 6.07) is 5.46. The number of hydrogen-bond donors (Lipinski definition) is 2. The molecule has 0 saturated heterocycles. The number of aryl methyl sites for hydroxylation is 1. The van der Waals surface area contributed by atoms with Crippen LogP contribution < -0.4 is 20.1 Å². The summed E-state index contributed by atoms with van der Waals surface area (Å²) in [6.07, 6.45) is 0.561. The number of hydrogen-bond acceptors (Lipinski definition) is 7. The van der Waals surface area contributed by atoms with Crippen LogP contribution in [-0.4, -0.2) is 45.7 Å². The quantitative estimate of drug-likeness (QED) is 0.588. The Hall–Kier alpha value is -3.07. The Balaban J connectivity index is 2.22. The first kappa shape index (κ1) is 23.2. The van der Waals surface area contributed by atoms with E-state index < -0.39 is 5.97 Å². The smallest absolute Gasteiger partial charge is 0.341 e. The summed E-state index contributed by atoms with van der Waals surface area (Å²) in [6.45, 7) is 3.54. The lowest BCUT2D eigenvalue weighted by molar-refractivity contribution is -0.116. The van der Waals surface area contributed by atoms with Crippen molar-refractivity contribution < 1.29 is 28.6 Å². The van der Waals surface area contributed by atoms with E-state index >= 15 is 0 Å². The first-order chi connectivity index (χ1) is 14.4. The molecule has 2 aromatic rings. The molecule has 0 unspecified atom stereocenters. The van der Waals surface area contributed by atoms with Crippen LogP contribution in [0.4, 0.5) is 5.00 Å². The van der Waals surface area contributed by atoms with Gasteiger partial charge in [0.15, 0.2) is 11.5 Å². The van der Waals surface area contributed by atoms with Gasteiger partial charge in [-0.2, -0.15) is 0 Å². The number of esters is 1. The molecule has 30 heavy (non-hydrogen) atoms. The molecular formula is C21H26N2O6S. The Kier molecular flexibility index (Phi) is 8.23. The van der Waals surface area contributed by atoms with Crippen LogP contribution in [0.25, 0.3) is 0 Å². The van der Waals surface area contributed by atoms with Gasteiger partial charge in [-0.3, -0.25) is 9.59 Å². The van der Waals surface area contributed by atoms with Crippen molar-refractivity contribution in [3.8, 4) is 11.5 Å². The summed E-state index contributed by atoms with van der Waals surface area (Å²) in [5.74, 6) is -0.0380. The highest BCUT2D eigenvalue weighted by Gasteiger charge is 2.26. The fourth-order valence-corrected chi connectivity index (χ4v) is 4.13. The molecule has 1 heterocycles. The molecule has 8 nitrogen and oxygen atoms in total. The molecule has 0 spiro atoms. The van der Waals surface area contributed by atoms with Gasteiger partial charge in [0.25, 0.3) is 5.91 Å². The molecule has 0 saturated carbocycles. The average Bonchev–Trinajstić information content (AvgIpc) is 3.06. The zero-order valence-corrected chi connectivity index (χ0v) is 18.5. The highest BCUT2D eigenvalue weighted by Crippen LogP contribution is 2.34. The van der Waals surface area contributed by atoms with Crippen molar-refractivity contribution in [2.75, 3.05) is 33.2 Å². The largest absolute Gasteiger partial charge is 0.493 e. The number of ether oxygens (including phenoxy) is 3. The summed E-state index contributed by atoms with van der Waals surface area (Å²) in [4.78, 5) is 37.5. The van der Waals surface area contributed by atoms with Gasteiger partial charge in [0.05, 0.1) is 31.3 Å². The molecule has 0 aliphatic heterocycles. The minimum absolute atomic E-state index is 0.151. The molecule has 0 bridgehead atoms. The second-order valence-electron chi connectivity index (χ2n) is 6.26. The van der Waals surface area contributed by atoms with Crippen molar-refractivity contribution in [3.63, 3.8) is 0 Å². The van der Waals surface area contributed by atoms with Gasteiger partial charge >= 0.3 is 5.97 Å². The number of benzene rings is 1. The molecule has 0 radical (unpaired) electrons. The molecule has 2 N–H and O–H groups in total. The van der Waals surface area contributed by atoms with E-state index in [2.05, 4.69) is 10.6 Å². The molecule has 2 amide bonds. The van der Waals surface area contributed by atoms with Crippen molar-refractivity contribution in [3.05, 3.63) is 39.8 Å². The number of nitrogens with one attached hydrogen (secondary N) is 2. The summed E-state index contributed by atoms with van der Waals surface area (Å²) in [5.41, 5.74) is 1.50. The Morgan fingerprint density at radius 3 is 2.47 bits per heavy atom. The van der Waals surface area contributed by atoms with Crippen molar-refractivity contribution in [2.45, 2.75) is 26.7 Å². The molecule has 162 valence electrons. The predicted octanol–water partition coefficient (Wildman–Crippen LogP) is 3.18. The third kappa shape index (κ3) is 5.10. The molecular weight excluding hydrogens is 408 g/mol. The van der Waals surface area contributed by atoms with Crippen molar-refractivity contribution in [1.29, 1.82) is 0 Å². The fraction of sp³-hybridized carbons (Fsp3) is 0.381. The Bertz CT molecular complexity index is 938. The van der Waals surface area contributed by atoms with Crippen LogP contribution in [0.3, 0.4) is 0 Å². The summed E-state index contributed by atoms with van der Waals surface area (Å²) >= 11 is 1.05. The van der Waals surface area contributed by atoms with Gasteiger partial charge in [-0.15, -0.1) is 11.3 Å². The molecule has 1 aromatic carbocycles. The fourth-order valence-electron chi connectivity index (χ4n) is 2.97. The molecule has 0 fully saturated rings. The van der Waals surface area contributed by atoms with Crippen LogP contribution in [0.1, 0.15) is 44.5 Å². The van der Waals surface area contributed by atoms with E-state index in [1.165, 1.54) is 7.05 Å². The van der Waals surface area contributed by atoms with Crippen LogP contribution in [0, 0.1) is 6.92 Å². The lowest BCUT2D eigenvalue weighted by Gasteiger charge is -2.12. The number of para-hydroxylation sites is 1. The number of rotatable bonds is 9. The van der Waals surface area contributed by atoms with Gasteiger partial charge in [-0.05, 0) is 37.5 Å². The van der Waals surface area contributed by atoms with Gasteiger partial charge in [-0.1, -0.05) is 12.1 Å². The maximum Gasteiger partial charge on any atom is 0.341 e. The minimum atomic E-state index is -0.578. The van der Waals surface area contributed by atoms with Crippen molar-refractivity contribution >= 4 is 34.1 Å². The molecule has 0 aliphatic rings. The van der Waals surface area contributed by atoms with E-state index in [-0.39, 0.29) is 30.4 Å². The number of thiophene rings is 1. The van der Waals surface area contributed by atoms with E-state index in [1.54, 1.807) is 34.1 Å². The number of carbonyl (C=O) groups excluding carboxylic acids is 3. The second kappa shape index (κ2) is 10.6. The van der Waals surface area contributed by atoms with Crippen LogP contribution in [0.2, 0.25) is 0 Å². The third-order valence-electron chi connectivity index (χ3n) is 4.42. The van der Waals surface area contributed by atoms with E-state index in [9.17, 15) is 14.4 Å². The van der Waals surface area contributed by atoms with Crippen LogP contribution in [0.15, 0.2) is 18.2 Å². The molecule has 2 rings (SSSR count). The van der Waals surface area contributed by atoms with Crippen LogP contribution in [-0.2, 0) is 16.0 Å². The zero-order chi connectivity index (χ0) is 22.3. The third-order valence-corrected chi connectivity index (χ3v) is 5.62. The van der Waals surface area contributed by atoms with E-state index in [0.29, 0.717) is 33.4 Å². The van der Waals surface area contributed by atoms with Gasteiger partial charge < -0.3 is 24.8 Å². The highest BCUT2D eigenvalue weighted by molar-refractivity contribution is 7.18. The molecule has 1 aromatic heterocycles. The number of amides is 2. The van der Waals surface area contributed by atoms with E-state index in [1.807, 2.05) is 12.1 Å². The second-order valence-corrected chi connectivity index (χ2v) is 7.28. The van der Waals surface area contributed by atoms with Gasteiger partial charge in [0, 0.05) is 13.5 Å². The van der Waals surface area contributed by atoms with Crippen LogP contribution >= 0.6 is 11.3 Å². The first-order valence-electron chi connectivity index (χ1n) is 9.40. The first-order valence-corrected chi connectivity index (χ1v) is 10.2. The van der Waals surface area contributed by atoms with Gasteiger partial charge in [0.2, 0.25) is 5.91 Å².